The largest absolute Gasteiger partial charge is 0.444 e. The van der Waals surface area contributed by atoms with Gasteiger partial charge in [-0.1, -0.05) is 0 Å². The number of anilines is 2. The molecule has 0 aromatic carbocycles. The fourth-order valence-electron chi connectivity index (χ4n) is 3.02. The van der Waals surface area contributed by atoms with Gasteiger partial charge in [0.2, 0.25) is 0 Å². The van der Waals surface area contributed by atoms with Crippen molar-refractivity contribution in [3.8, 4) is 0 Å². The Morgan fingerprint density at radius 1 is 1.44 bits per heavy atom. The number of pyridine rings is 1. The van der Waals surface area contributed by atoms with Crippen LogP contribution in [0.3, 0.4) is 0 Å². The highest BCUT2D eigenvalue weighted by Crippen LogP contribution is 2.36. The number of halogens is 4. The molecule has 2 aromatic rings. The Morgan fingerprint density at radius 3 is 2.78 bits per heavy atom. The Hall–Kier alpha value is -2.07. The van der Waals surface area contributed by atoms with Gasteiger partial charge in [0.15, 0.2) is 16.2 Å². The summed E-state index contributed by atoms with van der Waals surface area (Å²) < 4.78 is 44.8. The molecule has 0 spiro atoms. The van der Waals surface area contributed by atoms with E-state index in [1.165, 1.54) is 12.1 Å². The number of carbonyl (C=O) groups excluding carboxylic acids is 1. The van der Waals surface area contributed by atoms with Crippen LogP contribution in [0.4, 0.5) is 24.7 Å². The van der Waals surface area contributed by atoms with Crippen LogP contribution >= 0.6 is 15.9 Å². The number of amides is 1. The van der Waals surface area contributed by atoms with Crippen molar-refractivity contribution in [2.24, 2.45) is 0 Å². The lowest BCUT2D eigenvalue weighted by molar-refractivity contribution is -0.137. The normalized spacial score (nSPS) is 20.6. The number of aliphatic hydroxyl groups is 1. The summed E-state index contributed by atoms with van der Waals surface area (Å²) in [7, 11) is 0. The maximum Gasteiger partial charge on any atom is 0.417 e. The number of nitrogens with one attached hydrogen (secondary N) is 1. The van der Waals surface area contributed by atoms with Gasteiger partial charge in [0.05, 0.1) is 17.4 Å². The lowest BCUT2D eigenvalue weighted by Gasteiger charge is -2.37. The summed E-state index contributed by atoms with van der Waals surface area (Å²) in [4.78, 5) is 18.1. The Balaban J connectivity index is 1.96. The standard InChI is InChI=1S/C17H17BrF3N3O3/c1-9-6-11(25)4-5-24(9)15-12(7-10(8-22-15)17(19,20)21)23-16(26)13-2-3-14(18)27-13/h2-3,7-9,11,25H,4-6H2,1H3,(H,23,26)/t9-,11+/m1/s1. The summed E-state index contributed by atoms with van der Waals surface area (Å²) in [6.07, 6.45) is -3.40. The van der Waals surface area contributed by atoms with Gasteiger partial charge in [0.25, 0.3) is 5.91 Å². The van der Waals surface area contributed by atoms with Crippen LogP contribution in [0.25, 0.3) is 0 Å². The maximum atomic E-state index is 13.1. The van der Waals surface area contributed by atoms with Gasteiger partial charge in [-0.05, 0) is 53.9 Å². The quantitative estimate of drug-likeness (QED) is 0.741. The first-order chi connectivity index (χ1) is 12.6. The van der Waals surface area contributed by atoms with Crippen LogP contribution in [-0.4, -0.2) is 34.7 Å². The maximum absolute atomic E-state index is 13.1. The van der Waals surface area contributed by atoms with Gasteiger partial charge in [-0.25, -0.2) is 4.98 Å². The second kappa shape index (κ2) is 7.51. The summed E-state index contributed by atoms with van der Waals surface area (Å²) in [5.74, 6) is -0.513. The van der Waals surface area contributed by atoms with Gasteiger partial charge in [0, 0.05) is 18.8 Å². The van der Waals surface area contributed by atoms with Crippen LogP contribution in [-0.2, 0) is 6.18 Å². The topological polar surface area (TPSA) is 78.6 Å². The van der Waals surface area contributed by atoms with E-state index in [1.807, 2.05) is 6.92 Å². The molecule has 2 N–H and O–H groups in total. The van der Waals surface area contributed by atoms with Crippen LogP contribution in [0, 0.1) is 0 Å². The lowest BCUT2D eigenvalue weighted by atomic mass is 10.0. The molecule has 6 nitrogen and oxygen atoms in total. The number of aromatic nitrogens is 1. The van der Waals surface area contributed by atoms with Gasteiger partial charge in [-0.15, -0.1) is 0 Å². The molecule has 1 aliphatic rings. The van der Waals surface area contributed by atoms with Crippen LogP contribution in [0.15, 0.2) is 33.5 Å². The fraction of sp³-hybridized carbons (Fsp3) is 0.412. The van der Waals surface area contributed by atoms with Crippen molar-refractivity contribution in [2.75, 3.05) is 16.8 Å². The molecule has 0 aliphatic carbocycles. The molecule has 1 aliphatic heterocycles. The molecule has 3 rings (SSSR count). The first kappa shape index (κ1) is 19.7. The minimum Gasteiger partial charge on any atom is -0.444 e. The predicted octanol–water partition coefficient (Wildman–Crippen LogP) is 4.06. The van der Waals surface area contributed by atoms with Crippen molar-refractivity contribution in [3.05, 3.63) is 40.4 Å². The van der Waals surface area contributed by atoms with Gasteiger partial charge >= 0.3 is 6.18 Å². The molecular weight excluding hydrogens is 431 g/mol. The minimum absolute atomic E-state index is 0.0487. The number of hydrogen-bond acceptors (Lipinski definition) is 5. The molecular formula is C17H17BrF3N3O3. The Labute approximate surface area is 161 Å². The molecule has 1 amide bonds. The summed E-state index contributed by atoms with van der Waals surface area (Å²) in [6, 6.07) is 3.62. The van der Waals surface area contributed by atoms with Gasteiger partial charge in [-0.3, -0.25) is 4.79 Å². The van der Waals surface area contributed by atoms with E-state index in [2.05, 4.69) is 26.2 Å². The van der Waals surface area contributed by atoms with Crippen molar-refractivity contribution in [2.45, 2.75) is 38.1 Å². The first-order valence-corrected chi connectivity index (χ1v) is 9.03. The molecule has 2 atom stereocenters. The Kier molecular flexibility index (Phi) is 5.48. The molecule has 2 aromatic heterocycles. The van der Waals surface area contributed by atoms with E-state index in [4.69, 9.17) is 4.42 Å². The molecule has 0 radical (unpaired) electrons. The van der Waals surface area contributed by atoms with Crippen LogP contribution in [0.1, 0.15) is 35.9 Å². The Bertz CT molecular complexity index is 840. The van der Waals surface area contributed by atoms with Gasteiger partial charge < -0.3 is 19.7 Å². The molecule has 10 heteroatoms. The SMILES string of the molecule is C[C@@H]1C[C@@H](O)CCN1c1ncc(C(F)(F)F)cc1NC(=O)c1ccc(Br)o1. The number of piperidine rings is 1. The number of rotatable bonds is 3. The second-order valence-electron chi connectivity index (χ2n) is 6.37. The molecule has 27 heavy (non-hydrogen) atoms. The highest BCUT2D eigenvalue weighted by atomic mass is 79.9. The zero-order valence-corrected chi connectivity index (χ0v) is 15.8. The summed E-state index contributed by atoms with van der Waals surface area (Å²) in [5, 5.41) is 12.2. The first-order valence-electron chi connectivity index (χ1n) is 8.24. The molecule has 3 heterocycles. The smallest absolute Gasteiger partial charge is 0.417 e. The van der Waals surface area contributed by atoms with E-state index in [0.29, 0.717) is 24.1 Å². The minimum atomic E-state index is -4.59. The zero-order valence-electron chi connectivity index (χ0n) is 14.3. The van der Waals surface area contributed by atoms with Crippen molar-refractivity contribution < 1.29 is 27.5 Å². The van der Waals surface area contributed by atoms with Crippen LogP contribution in [0.2, 0.25) is 0 Å². The van der Waals surface area contributed by atoms with Gasteiger partial charge in [-0.2, -0.15) is 13.2 Å². The molecule has 0 bridgehead atoms. The number of aliphatic hydroxyl groups excluding tert-OH is 1. The third kappa shape index (κ3) is 4.44. The summed E-state index contributed by atoms with van der Waals surface area (Å²) in [6.45, 7) is 2.26. The fourth-order valence-corrected chi connectivity index (χ4v) is 3.32. The van der Waals surface area contributed by atoms with E-state index < -0.39 is 23.8 Å². The van der Waals surface area contributed by atoms with E-state index in [9.17, 15) is 23.1 Å². The van der Waals surface area contributed by atoms with Crippen molar-refractivity contribution >= 4 is 33.3 Å². The van der Waals surface area contributed by atoms with Crippen LogP contribution < -0.4 is 10.2 Å². The molecule has 0 saturated carbocycles. The van der Waals surface area contributed by atoms with Crippen molar-refractivity contribution in [3.63, 3.8) is 0 Å². The van der Waals surface area contributed by atoms with Crippen LogP contribution in [0.5, 0.6) is 0 Å². The zero-order chi connectivity index (χ0) is 19.8. The third-order valence-electron chi connectivity index (χ3n) is 4.36. The monoisotopic (exact) mass is 447 g/mol. The van der Waals surface area contributed by atoms with Gasteiger partial charge in [0.1, 0.15) is 0 Å². The number of nitrogens with zero attached hydrogens (tertiary/aromatic N) is 2. The second-order valence-corrected chi connectivity index (χ2v) is 7.15. The van der Waals surface area contributed by atoms with E-state index in [0.717, 1.165) is 12.3 Å². The highest BCUT2D eigenvalue weighted by molar-refractivity contribution is 9.10. The van der Waals surface area contributed by atoms with E-state index >= 15 is 0 Å². The highest BCUT2D eigenvalue weighted by Gasteiger charge is 2.34. The molecule has 1 fully saturated rings. The number of furan rings is 1. The number of hydrogen-bond donors (Lipinski definition) is 2. The summed E-state index contributed by atoms with van der Waals surface area (Å²) in [5.41, 5.74) is -1.03. The Morgan fingerprint density at radius 2 is 2.19 bits per heavy atom. The molecule has 0 unspecified atom stereocenters. The number of alkyl halides is 3. The average Bonchev–Trinajstić information content (AvgIpc) is 3.01. The average molecular weight is 448 g/mol. The molecule has 146 valence electrons. The van der Waals surface area contributed by atoms with E-state index in [-0.39, 0.29) is 23.3 Å². The summed E-state index contributed by atoms with van der Waals surface area (Å²) >= 11 is 3.07. The lowest BCUT2D eigenvalue weighted by Crippen LogP contribution is -2.43. The van der Waals surface area contributed by atoms with E-state index in [1.54, 1.807) is 4.90 Å². The van der Waals surface area contributed by atoms with Crippen molar-refractivity contribution in [1.29, 1.82) is 0 Å². The third-order valence-corrected chi connectivity index (χ3v) is 4.79. The predicted molar refractivity (Wildman–Crippen MR) is 95.6 cm³/mol. The molecule has 1 saturated heterocycles. The number of carbonyl (C=O) groups is 1. The van der Waals surface area contributed by atoms with Crippen molar-refractivity contribution in [1.82, 2.24) is 4.98 Å².